The summed E-state index contributed by atoms with van der Waals surface area (Å²) in [6.45, 7) is 8.16. The number of likely N-dealkylation sites (N-methyl/N-ethyl adjacent to an activating group) is 1. The SMILES string of the molecule is CC(C)CN1CCN(C)C(=O)C12CCN(C(=O)c1ccnnc1)CC2. The van der Waals surface area contributed by atoms with Gasteiger partial charge in [0, 0.05) is 39.8 Å². The molecule has 3 heterocycles. The van der Waals surface area contributed by atoms with Crippen LogP contribution in [0.5, 0.6) is 0 Å². The van der Waals surface area contributed by atoms with E-state index in [4.69, 9.17) is 0 Å². The zero-order chi connectivity index (χ0) is 18.0. The van der Waals surface area contributed by atoms with Gasteiger partial charge in [-0.25, -0.2) is 0 Å². The fourth-order valence-corrected chi connectivity index (χ4v) is 3.99. The van der Waals surface area contributed by atoms with Crippen LogP contribution in [0.25, 0.3) is 0 Å². The molecule has 2 amide bonds. The lowest BCUT2D eigenvalue weighted by molar-refractivity contribution is -0.154. The molecule has 0 aromatic carbocycles. The molecule has 2 aliphatic heterocycles. The molecule has 7 nitrogen and oxygen atoms in total. The van der Waals surface area contributed by atoms with E-state index in [2.05, 4.69) is 28.9 Å². The van der Waals surface area contributed by atoms with E-state index in [0.29, 0.717) is 37.4 Å². The minimum atomic E-state index is -0.454. The van der Waals surface area contributed by atoms with E-state index in [1.165, 1.54) is 12.4 Å². The summed E-state index contributed by atoms with van der Waals surface area (Å²) in [7, 11) is 1.89. The average molecular weight is 345 g/mol. The Labute approximate surface area is 149 Å². The fourth-order valence-electron chi connectivity index (χ4n) is 3.99. The molecule has 0 unspecified atom stereocenters. The summed E-state index contributed by atoms with van der Waals surface area (Å²) in [6, 6.07) is 1.68. The number of amides is 2. The topological polar surface area (TPSA) is 69.6 Å². The van der Waals surface area contributed by atoms with Crippen molar-refractivity contribution in [3.63, 3.8) is 0 Å². The smallest absolute Gasteiger partial charge is 0.255 e. The molecule has 136 valence electrons. The average Bonchev–Trinajstić information content (AvgIpc) is 2.63. The van der Waals surface area contributed by atoms with Crippen LogP contribution in [0, 0.1) is 5.92 Å². The summed E-state index contributed by atoms with van der Waals surface area (Å²) in [6.07, 6.45) is 4.40. The molecule has 1 aromatic rings. The van der Waals surface area contributed by atoms with Crippen molar-refractivity contribution >= 4 is 11.8 Å². The minimum Gasteiger partial charge on any atom is -0.343 e. The van der Waals surface area contributed by atoms with E-state index in [1.807, 2.05) is 16.8 Å². The Kier molecular flexibility index (Phi) is 5.03. The summed E-state index contributed by atoms with van der Waals surface area (Å²) in [4.78, 5) is 31.7. The van der Waals surface area contributed by atoms with Crippen molar-refractivity contribution < 1.29 is 9.59 Å². The summed E-state index contributed by atoms with van der Waals surface area (Å²) < 4.78 is 0. The Hall–Kier alpha value is -2.02. The number of carbonyl (C=O) groups is 2. The fraction of sp³-hybridized carbons (Fsp3) is 0.667. The molecule has 7 heteroatoms. The van der Waals surface area contributed by atoms with Crippen LogP contribution in [-0.2, 0) is 4.79 Å². The number of carbonyl (C=O) groups excluding carboxylic acids is 2. The normalized spacial score (nSPS) is 21.2. The first-order valence-electron chi connectivity index (χ1n) is 9.00. The van der Waals surface area contributed by atoms with Crippen molar-refractivity contribution in [3.8, 4) is 0 Å². The first kappa shape index (κ1) is 17.8. The van der Waals surface area contributed by atoms with Gasteiger partial charge in [-0.05, 0) is 24.8 Å². The van der Waals surface area contributed by atoms with Gasteiger partial charge in [-0.3, -0.25) is 14.5 Å². The zero-order valence-corrected chi connectivity index (χ0v) is 15.3. The van der Waals surface area contributed by atoms with E-state index >= 15 is 0 Å². The molecular formula is C18H27N5O2. The number of piperidine rings is 1. The quantitative estimate of drug-likeness (QED) is 0.813. The van der Waals surface area contributed by atoms with Gasteiger partial charge in [-0.1, -0.05) is 13.8 Å². The van der Waals surface area contributed by atoms with E-state index in [1.54, 1.807) is 6.07 Å². The second kappa shape index (κ2) is 7.07. The molecule has 2 fully saturated rings. The molecule has 25 heavy (non-hydrogen) atoms. The van der Waals surface area contributed by atoms with Gasteiger partial charge in [0.1, 0.15) is 5.54 Å². The van der Waals surface area contributed by atoms with Gasteiger partial charge in [0.25, 0.3) is 5.91 Å². The van der Waals surface area contributed by atoms with Crippen molar-refractivity contribution in [1.82, 2.24) is 24.9 Å². The van der Waals surface area contributed by atoms with E-state index < -0.39 is 5.54 Å². The maximum absolute atomic E-state index is 13.0. The highest BCUT2D eigenvalue weighted by Gasteiger charge is 2.50. The molecule has 0 aliphatic carbocycles. The standard InChI is InChI=1S/C18H27N5O2/c1-14(2)13-23-11-10-21(3)17(25)18(23)5-8-22(9-6-18)16(24)15-4-7-19-20-12-15/h4,7,12,14H,5-6,8-11,13H2,1-3H3. The monoisotopic (exact) mass is 345 g/mol. The summed E-state index contributed by atoms with van der Waals surface area (Å²) in [5.74, 6) is 0.685. The summed E-state index contributed by atoms with van der Waals surface area (Å²) in [5, 5.41) is 7.50. The molecule has 1 aromatic heterocycles. The van der Waals surface area contributed by atoms with Crippen molar-refractivity contribution in [2.24, 2.45) is 5.92 Å². The molecule has 0 saturated carbocycles. The molecule has 2 aliphatic rings. The third kappa shape index (κ3) is 3.38. The highest BCUT2D eigenvalue weighted by molar-refractivity contribution is 5.94. The molecule has 3 rings (SSSR count). The zero-order valence-electron chi connectivity index (χ0n) is 15.3. The first-order chi connectivity index (χ1) is 11.9. The van der Waals surface area contributed by atoms with Crippen LogP contribution < -0.4 is 0 Å². The third-order valence-electron chi connectivity index (χ3n) is 5.35. The number of likely N-dealkylation sites (tertiary alicyclic amines) is 1. The molecule has 0 atom stereocenters. The minimum absolute atomic E-state index is 0.0308. The van der Waals surface area contributed by atoms with Crippen molar-refractivity contribution in [2.75, 3.05) is 39.8 Å². The Balaban J connectivity index is 1.75. The Morgan fingerprint density at radius 2 is 1.92 bits per heavy atom. The molecule has 2 saturated heterocycles. The first-order valence-corrected chi connectivity index (χ1v) is 9.00. The van der Waals surface area contributed by atoms with Gasteiger partial charge in [0.2, 0.25) is 5.91 Å². The predicted octanol–water partition coefficient (Wildman–Crippen LogP) is 0.881. The molecule has 0 N–H and O–H groups in total. The van der Waals surface area contributed by atoms with Crippen LogP contribution in [0.4, 0.5) is 0 Å². The van der Waals surface area contributed by atoms with Gasteiger partial charge in [0.05, 0.1) is 18.0 Å². The largest absolute Gasteiger partial charge is 0.343 e. The second-order valence-corrected chi connectivity index (χ2v) is 7.52. The predicted molar refractivity (Wildman–Crippen MR) is 93.9 cm³/mol. The number of piperazine rings is 1. The van der Waals surface area contributed by atoms with E-state index in [-0.39, 0.29) is 11.8 Å². The number of rotatable bonds is 3. The van der Waals surface area contributed by atoms with Gasteiger partial charge >= 0.3 is 0 Å². The molecule has 1 spiro atoms. The van der Waals surface area contributed by atoms with E-state index in [9.17, 15) is 9.59 Å². The number of hydrogen-bond donors (Lipinski definition) is 0. The lowest BCUT2D eigenvalue weighted by Crippen LogP contribution is -2.68. The highest BCUT2D eigenvalue weighted by atomic mass is 16.2. The van der Waals surface area contributed by atoms with Gasteiger partial charge in [0.15, 0.2) is 0 Å². The van der Waals surface area contributed by atoms with Crippen LogP contribution in [-0.4, -0.2) is 82.0 Å². The van der Waals surface area contributed by atoms with Crippen LogP contribution >= 0.6 is 0 Å². The van der Waals surface area contributed by atoms with Crippen molar-refractivity contribution in [1.29, 1.82) is 0 Å². The Bertz CT molecular complexity index is 626. The van der Waals surface area contributed by atoms with Crippen molar-refractivity contribution in [2.45, 2.75) is 32.2 Å². The van der Waals surface area contributed by atoms with Gasteiger partial charge in [-0.2, -0.15) is 10.2 Å². The lowest BCUT2D eigenvalue weighted by Gasteiger charge is -2.52. The Morgan fingerprint density at radius 1 is 1.20 bits per heavy atom. The van der Waals surface area contributed by atoms with Crippen molar-refractivity contribution in [3.05, 3.63) is 24.0 Å². The number of nitrogens with zero attached hydrogens (tertiary/aromatic N) is 5. The number of hydrogen-bond acceptors (Lipinski definition) is 5. The second-order valence-electron chi connectivity index (χ2n) is 7.52. The van der Waals surface area contributed by atoms with Crippen LogP contribution in [0.2, 0.25) is 0 Å². The molecule has 0 bridgehead atoms. The van der Waals surface area contributed by atoms with Gasteiger partial charge < -0.3 is 9.80 Å². The summed E-state index contributed by atoms with van der Waals surface area (Å²) in [5.41, 5.74) is 0.0990. The highest BCUT2D eigenvalue weighted by Crippen LogP contribution is 2.34. The van der Waals surface area contributed by atoms with E-state index in [0.717, 1.165) is 19.6 Å². The third-order valence-corrected chi connectivity index (χ3v) is 5.35. The molecule has 0 radical (unpaired) electrons. The number of aromatic nitrogens is 2. The maximum atomic E-state index is 13.0. The van der Waals surface area contributed by atoms with Crippen LogP contribution in [0.15, 0.2) is 18.5 Å². The lowest BCUT2D eigenvalue weighted by atomic mass is 9.81. The maximum Gasteiger partial charge on any atom is 0.255 e. The summed E-state index contributed by atoms with van der Waals surface area (Å²) >= 11 is 0. The van der Waals surface area contributed by atoms with Crippen LogP contribution in [0.1, 0.15) is 37.0 Å². The molecular weight excluding hydrogens is 318 g/mol. The Morgan fingerprint density at radius 3 is 2.52 bits per heavy atom. The van der Waals surface area contributed by atoms with Gasteiger partial charge in [-0.15, -0.1) is 0 Å². The van der Waals surface area contributed by atoms with Crippen LogP contribution in [0.3, 0.4) is 0 Å².